The molecule has 0 heterocycles. The first kappa shape index (κ1) is 8.37. The third kappa shape index (κ3) is 0.849. The second-order valence-corrected chi connectivity index (χ2v) is 5.87. The number of carboxylic acid groups (broad SMARTS) is 1. The summed E-state index contributed by atoms with van der Waals surface area (Å²) in [6, 6.07) is 0. The van der Waals surface area contributed by atoms with Crippen molar-refractivity contribution in [3.05, 3.63) is 11.1 Å². The molecule has 5 atom stereocenters. The van der Waals surface area contributed by atoms with Crippen molar-refractivity contribution in [3.63, 3.8) is 0 Å². The smallest absolute Gasteiger partial charge is 0.310 e. The maximum Gasteiger partial charge on any atom is 0.310 e. The van der Waals surface area contributed by atoms with Gasteiger partial charge in [-0.25, -0.2) is 0 Å². The Kier molecular flexibility index (Phi) is 1.38. The van der Waals surface area contributed by atoms with Gasteiger partial charge in [0.05, 0.1) is 5.92 Å². The summed E-state index contributed by atoms with van der Waals surface area (Å²) in [5.41, 5.74) is 3.00. The second-order valence-electron chi connectivity index (χ2n) is 5.87. The van der Waals surface area contributed by atoms with E-state index in [0.717, 1.165) is 30.6 Å². The molecule has 4 aliphatic carbocycles. The lowest BCUT2D eigenvalue weighted by Gasteiger charge is -2.30. The fraction of sp³-hybridized carbons (Fsp3) is 0.769. The van der Waals surface area contributed by atoms with E-state index in [1.54, 1.807) is 5.57 Å². The van der Waals surface area contributed by atoms with Gasteiger partial charge in [-0.15, -0.1) is 0 Å². The van der Waals surface area contributed by atoms with Crippen LogP contribution in [0.3, 0.4) is 0 Å². The molecule has 4 bridgehead atoms. The summed E-state index contributed by atoms with van der Waals surface area (Å²) < 4.78 is 0. The van der Waals surface area contributed by atoms with Gasteiger partial charge in [0, 0.05) is 0 Å². The molecule has 0 aromatic heterocycles. The highest BCUT2D eigenvalue weighted by Gasteiger charge is 2.56. The summed E-state index contributed by atoms with van der Waals surface area (Å²) in [5.74, 6) is 2.60. The zero-order chi connectivity index (χ0) is 10.2. The summed E-state index contributed by atoms with van der Waals surface area (Å²) in [6.07, 6.45) is 6.22. The first-order valence-electron chi connectivity index (χ1n) is 6.21. The quantitative estimate of drug-likeness (QED) is 0.666. The largest absolute Gasteiger partial charge is 0.481 e. The van der Waals surface area contributed by atoms with Gasteiger partial charge in [-0.3, -0.25) is 4.79 Å². The Morgan fingerprint density at radius 3 is 2.87 bits per heavy atom. The maximum absolute atomic E-state index is 11.2. The van der Waals surface area contributed by atoms with Crippen molar-refractivity contribution >= 4 is 5.97 Å². The van der Waals surface area contributed by atoms with Crippen LogP contribution in [-0.4, -0.2) is 11.1 Å². The van der Waals surface area contributed by atoms with Gasteiger partial charge in [-0.2, -0.15) is 0 Å². The van der Waals surface area contributed by atoms with Gasteiger partial charge in [-0.1, -0.05) is 11.1 Å². The van der Waals surface area contributed by atoms with Crippen molar-refractivity contribution < 1.29 is 9.90 Å². The van der Waals surface area contributed by atoms with Crippen LogP contribution in [-0.2, 0) is 4.79 Å². The van der Waals surface area contributed by atoms with E-state index < -0.39 is 5.97 Å². The number of carboxylic acids is 1. The Bertz CT molecular complexity index is 382. The standard InChI is InChI=1S/C13H16O2/c14-13(15)10-5-8-4-9(10)12-7-2-1-6(3-7)11(8)12/h6-8,10-11H,1-5H2,(H,14,15). The van der Waals surface area contributed by atoms with Crippen molar-refractivity contribution in [1.29, 1.82) is 0 Å². The number of hydrogen-bond acceptors (Lipinski definition) is 1. The molecule has 15 heavy (non-hydrogen) atoms. The van der Waals surface area contributed by atoms with Crippen molar-refractivity contribution in [2.24, 2.45) is 29.6 Å². The second kappa shape index (κ2) is 2.47. The molecule has 0 aliphatic heterocycles. The van der Waals surface area contributed by atoms with Crippen LogP contribution in [0.2, 0.25) is 0 Å². The Morgan fingerprint density at radius 2 is 2.07 bits per heavy atom. The molecule has 2 nitrogen and oxygen atoms in total. The summed E-state index contributed by atoms with van der Waals surface area (Å²) in [7, 11) is 0. The lowest BCUT2D eigenvalue weighted by atomic mass is 9.74. The van der Waals surface area contributed by atoms with Crippen LogP contribution < -0.4 is 0 Å². The van der Waals surface area contributed by atoms with Gasteiger partial charge in [0.15, 0.2) is 0 Å². The summed E-state index contributed by atoms with van der Waals surface area (Å²) in [4.78, 5) is 11.2. The Morgan fingerprint density at radius 1 is 1.20 bits per heavy atom. The van der Waals surface area contributed by atoms with Gasteiger partial charge in [0.1, 0.15) is 0 Å². The van der Waals surface area contributed by atoms with E-state index in [1.807, 2.05) is 0 Å². The summed E-state index contributed by atoms with van der Waals surface area (Å²) in [5, 5.41) is 9.19. The van der Waals surface area contributed by atoms with E-state index >= 15 is 0 Å². The van der Waals surface area contributed by atoms with E-state index in [2.05, 4.69) is 0 Å². The number of hydrogen-bond donors (Lipinski definition) is 1. The average Bonchev–Trinajstić information content (AvgIpc) is 2.95. The lowest BCUT2D eigenvalue weighted by molar-refractivity contribution is -0.140. The number of fused-ring (bicyclic) bond motifs is 8. The number of allylic oxidation sites excluding steroid dienone is 1. The topological polar surface area (TPSA) is 37.3 Å². The van der Waals surface area contributed by atoms with Gasteiger partial charge in [0.2, 0.25) is 0 Å². The fourth-order valence-corrected chi connectivity index (χ4v) is 5.06. The highest BCUT2D eigenvalue weighted by atomic mass is 16.4. The molecule has 4 aliphatic rings. The Hall–Kier alpha value is -0.790. The number of aliphatic carboxylic acids is 1. The highest BCUT2D eigenvalue weighted by molar-refractivity contribution is 5.75. The molecule has 3 saturated carbocycles. The van der Waals surface area contributed by atoms with Crippen molar-refractivity contribution in [2.75, 3.05) is 0 Å². The predicted molar refractivity (Wildman–Crippen MR) is 55.2 cm³/mol. The highest BCUT2D eigenvalue weighted by Crippen LogP contribution is 2.65. The molecule has 5 unspecified atom stereocenters. The molecular weight excluding hydrogens is 188 g/mol. The molecule has 0 aromatic carbocycles. The van der Waals surface area contributed by atoms with Crippen LogP contribution in [0.25, 0.3) is 0 Å². The van der Waals surface area contributed by atoms with Crippen LogP contribution in [0.5, 0.6) is 0 Å². The monoisotopic (exact) mass is 204 g/mol. The molecule has 0 spiro atoms. The molecule has 1 N–H and O–H groups in total. The van der Waals surface area contributed by atoms with E-state index in [9.17, 15) is 9.90 Å². The molecule has 0 saturated heterocycles. The van der Waals surface area contributed by atoms with Crippen LogP contribution in [0.1, 0.15) is 32.1 Å². The van der Waals surface area contributed by atoms with Crippen LogP contribution in [0, 0.1) is 29.6 Å². The molecule has 3 fully saturated rings. The average molecular weight is 204 g/mol. The van der Waals surface area contributed by atoms with E-state index in [1.165, 1.54) is 24.8 Å². The van der Waals surface area contributed by atoms with E-state index in [4.69, 9.17) is 0 Å². The summed E-state index contributed by atoms with van der Waals surface area (Å²) >= 11 is 0. The molecule has 2 heteroatoms. The first-order chi connectivity index (χ1) is 7.25. The molecule has 0 radical (unpaired) electrons. The van der Waals surface area contributed by atoms with Crippen LogP contribution in [0.4, 0.5) is 0 Å². The summed E-state index contributed by atoms with van der Waals surface area (Å²) in [6.45, 7) is 0. The first-order valence-corrected chi connectivity index (χ1v) is 6.21. The minimum absolute atomic E-state index is 0.0967. The van der Waals surface area contributed by atoms with Crippen molar-refractivity contribution in [3.8, 4) is 0 Å². The zero-order valence-electron chi connectivity index (χ0n) is 8.78. The van der Waals surface area contributed by atoms with E-state index in [-0.39, 0.29) is 5.92 Å². The normalized spacial score (nSPS) is 50.3. The third-order valence-electron chi connectivity index (χ3n) is 5.40. The van der Waals surface area contributed by atoms with Gasteiger partial charge in [-0.05, 0) is 55.8 Å². The maximum atomic E-state index is 11.2. The molecule has 0 amide bonds. The Labute approximate surface area is 89.4 Å². The van der Waals surface area contributed by atoms with Gasteiger partial charge < -0.3 is 5.11 Å². The van der Waals surface area contributed by atoms with Gasteiger partial charge >= 0.3 is 5.97 Å². The lowest BCUT2D eigenvalue weighted by Crippen LogP contribution is -2.25. The predicted octanol–water partition coefficient (Wildman–Crippen LogP) is 2.45. The van der Waals surface area contributed by atoms with Crippen LogP contribution in [0.15, 0.2) is 11.1 Å². The van der Waals surface area contributed by atoms with Crippen molar-refractivity contribution in [1.82, 2.24) is 0 Å². The van der Waals surface area contributed by atoms with E-state index in [0.29, 0.717) is 5.92 Å². The molecular formula is C13H16O2. The molecule has 80 valence electrons. The minimum atomic E-state index is -0.568. The van der Waals surface area contributed by atoms with Gasteiger partial charge in [0.25, 0.3) is 0 Å². The zero-order valence-corrected chi connectivity index (χ0v) is 8.78. The number of rotatable bonds is 1. The SMILES string of the molecule is O=C(O)C1CC2CC1=C1C3CCC(C3)C12. The third-order valence-corrected chi connectivity index (χ3v) is 5.40. The fourth-order valence-electron chi connectivity index (χ4n) is 5.06. The molecule has 4 rings (SSSR count). The number of carbonyl (C=O) groups is 1. The van der Waals surface area contributed by atoms with Crippen molar-refractivity contribution in [2.45, 2.75) is 32.1 Å². The molecule has 0 aromatic rings. The van der Waals surface area contributed by atoms with Crippen LogP contribution >= 0.6 is 0 Å². The Balaban J connectivity index is 1.82. The minimum Gasteiger partial charge on any atom is -0.481 e.